The van der Waals surface area contributed by atoms with E-state index in [1.165, 1.54) is 6.20 Å². The molecule has 0 aliphatic carbocycles. The van der Waals surface area contributed by atoms with Crippen LogP contribution in [0.1, 0.15) is 60.5 Å². The van der Waals surface area contributed by atoms with Gasteiger partial charge in [-0.3, -0.25) is 9.59 Å². The Morgan fingerprint density at radius 1 is 1.23 bits per heavy atom. The van der Waals surface area contributed by atoms with Gasteiger partial charge >= 0.3 is 6.01 Å². The van der Waals surface area contributed by atoms with Crippen molar-refractivity contribution in [2.45, 2.75) is 46.3 Å². The van der Waals surface area contributed by atoms with Crippen LogP contribution >= 0.6 is 11.3 Å². The Morgan fingerprint density at radius 3 is 2.74 bits per heavy atom. The maximum atomic E-state index is 13.4. The Labute approximate surface area is 234 Å². The van der Waals surface area contributed by atoms with Crippen molar-refractivity contribution in [1.29, 1.82) is 0 Å². The van der Waals surface area contributed by atoms with E-state index >= 15 is 0 Å². The van der Waals surface area contributed by atoms with Gasteiger partial charge in [0.05, 0.1) is 12.7 Å². The summed E-state index contributed by atoms with van der Waals surface area (Å²) in [6.45, 7) is 8.19. The lowest BCUT2D eigenvalue weighted by molar-refractivity contribution is -0.132. The number of likely N-dealkylation sites (N-methyl/N-ethyl adjacent to an activating group) is 1. The first-order chi connectivity index (χ1) is 18.5. The molecule has 9 nitrogen and oxygen atoms in total. The number of hydrogen-bond donors (Lipinski definition) is 1. The van der Waals surface area contributed by atoms with Gasteiger partial charge in [-0.05, 0) is 41.0 Å². The van der Waals surface area contributed by atoms with Gasteiger partial charge in [0, 0.05) is 56.9 Å². The first-order valence-corrected chi connectivity index (χ1v) is 14.0. The topological polar surface area (TPSA) is 99.1 Å². The van der Waals surface area contributed by atoms with Crippen molar-refractivity contribution in [3.05, 3.63) is 64.0 Å². The van der Waals surface area contributed by atoms with Crippen molar-refractivity contribution in [3.63, 3.8) is 0 Å². The maximum absolute atomic E-state index is 13.4. The van der Waals surface area contributed by atoms with Crippen LogP contribution in [0.15, 0.2) is 48.0 Å². The number of ether oxygens (including phenoxy) is 1. The molecule has 1 N–H and O–H groups in total. The number of thiophene rings is 1. The predicted molar refractivity (Wildman–Crippen MR) is 153 cm³/mol. The summed E-state index contributed by atoms with van der Waals surface area (Å²) in [6, 6.07) is 11.5. The molecular formula is C29H37N5O4S. The standard InChI is InChI=1S/C29H37N5O4S/c1-29(2,3)17-25(35)32(4)12-11-23(24-10-7-15-39-24)38-19-20-8-6-9-21(16-20)34-14-13-33(5)26-22(27(34)36)18-30-28(37)31-26/h6-10,15-16,18,23H,11-14,17,19H2,1-5H3,(H,30,31,37). The number of amides is 2. The molecule has 4 rings (SSSR count). The molecule has 3 heterocycles. The van der Waals surface area contributed by atoms with Gasteiger partial charge in [0.1, 0.15) is 11.4 Å². The minimum Gasteiger partial charge on any atom is -0.479 e. The number of fused-ring (bicyclic) bond motifs is 1. The zero-order valence-corrected chi connectivity index (χ0v) is 24.1. The van der Waals surface area contributed by atoms with Crippen LogP contribution in [0.3, 0.4) is 0 Å². The fraction of sp³-hybridized carbons (Fsp3) is 0.448. The molecule has 0 saturated carbocycles. The molecule has 1 atom stereocenters. The first-order valence-electron chi connectivity index (χ1n) is 13.1. The van der Waals surface area contributed by atoms with E-state index in [1.807, 2.05) is 54.7 Å². The minimum absolute atomic E-state index is 0.0545. The number of rotatable bonds is 9. The van der Waals surface area contributed by atoms with Crippen molar-refractivity contribution in [2.75, 3.05) is 43.5 Å². The number of nitrogens with zero attached hydrogens (tertiary/aromatic N) is 5. The number of hydrogen-bond acceptors (Lipinski definition) is 8. The van der Waals surface area contributed by atoms with Crippen LogP contribution < -0.4 is 9.80 Å². The summed E-state index contributed by atoms with van der Waals surface area (Å²) in [5.74, 6) is 0.334. The molecule has 1 unspecified atom stereocenters. The summed E-state index contributed by atoms with van der Waals surface area (Å²) >= 11 is 1.64. The lowest BCUT2D eigenvalue weighted by Gasteiger charge is -2.25. The number of anilines is 2. The third kappa shape index (κ3) is 7.33. The third-order valence-electron chi connectivity index (χ3n) is 6.62. The van der Waals surface area contributed by atoms with E-state index in [1.54, 1.807) is 21.1 Å². The average Bonchev–Trinajstić information content (AvgIpc) is 3.38. The second-order valence-corrected chi connectivity index (χ2v) is 12.1. The molecule has 0 bridgehead atoms. The SMILES string of the molecule is CN(CCC(OCc1cccc(N2CCN(C)c3nc(O)ncc3C2=O)c1)c1cccs1)C(=O)CC(C)(C)C. The highest BCUT2D eigenvalue weighted by molar-refractivity contribution is 7.10. The third-order valence-corrected chi connectivity index (χ3v) is 7.58. The maximum Gasteiger partial charge on any atom is 0.315 e. The van der Waals surface area contributed by atoms with E-state index in [0.717, 1.165) is 16.1 Å². The van der Waals surface area contributed by atoms with Gasteiger partial charge in [-0.1, -0.05) is 39.0 Å². The van der Waals surface area contributed by atoms with Gasteiger partial charge in [-0.25, -0.2) is 4.98 Å². The molecule has 10 heteroatoms. The molecule has 1 aliphatic heterocycles. The molecule has 0 fully saturated rings. The van der Waals surface area contributed by atoms with Crippen LogP contribution in [-0.4, -0.2) is 65.5 Å². The molecule has 39 heavy (non-hydrogen) atoms. The second kappa shape index (κ2) is 12.1. The number of aromatic hydroxyl groups is 1. The number of benzene rings is 1. The Kier molecular flexibility index (Phi) is 8.87. The molecule has 2 aromatic heterocycles. The molecule has 1 aromatic carbocycles. The monoisotopic (exact) mass is 551 g/mol. The van der Waals surface area contributed by atoms with E-state index < -0.39 is 0 Å². The fourth-order valence-electron chi connectivity index (χ4n) is 4.47. The summed E-state index contributed by atoms with van der Waals surface area (Å²) in [4.78, 5) is 40.4. The molecule has 3 aromatic rings. The smallest absolute Gasteiger partial charge is 0.315 e. The first kappa shape index (κ1) is 28.5. The average molecular weight is 552 g/mol. The summed E-state index contributed by atoms with van der Waals surface area (Å²) in [5, 5.41) is 11.7. The van der Waals surface area contributed by atoms with E-state index in [0.29, 0.717) is 50.5 Å². The highest BCUT2D eigenvalue weighted by Gasteiger charge is 2.28. The van der Waals surface area contributed by atoms with Crippen molar-refractivity contribution in [1.82, 2.24) is 14.9 Å². The quantitative estimate of drug-likeness (QED) is 0.405. The minimum atomic E-state index is -0.356. The number of carbonyl (C=O) groups is 2. The van der Waals surface area contributed by atoms with Crippen LogP contribution in [0.4, 0.5) is 11.5 Å². The van der Waals surface area contributed by atoms with Crippen LogP contribution in [0, 0.1) is 5.41 Å². The Morgan fingerprint density at radius 2 is 2.03 bits per heavy atom. The van der Waals surface area contributed by atoms with Crippen molar-refractivity contribution in [2.24, 2.45) is 5.41 Å². The zero-order valence-electron chi connectivity index (χ0n) is 23.3. The summed E-state index contributed by atoms with van der Waals surface area (Å²) in [7, 11) is 3.69. The summed E-state index contributed by atoms with van der Waals surface area (Å²) in [6.07, 6.45) is 2.41. The predicted octanol–water partition coefficient (Wildman–Crippen LogP) is 4.88. The second-order valence-electron chi connectivity index (χ2n) is 11.1. The Hall–Kier alpha value is -3.50. The molecule has 1 aliphatic rings. The highest BCUT2D eigenvalue weighted by Crippen LogP contribution is 2.30. The van der Waals surface area contributed by atoms with E-state index in [9.17, 15) is 14.7 Å². The van der Waals surface area contributed by atoms with Gasteiger partial charge in [0.2, 0.25) is 5.91 Å². The highest BCUT2D eigenvalue weighted by atomic mass is 32.1. The normalized spacial score (nSPS) is 14.6. The fourth-order valence-corrected chi connectivity index (χ4v) is 5.28. The van der Waals surface area contributed by atoms with Crippen LogP contribution in [0.25, 0.3) is 0 Å². The van der Waals surface area contributed by atoms with E-state index in [-0.39, 0.29) is 29.3 Å². The van der Waals surface area contributed by atoms with Gasteiger partial charge < -0.3 is 24.5 Å². The zero-order chi connectivity index (χ0) is 28.2. The van der Waals surface area contributed by atoms with Crippen molar-refractivity contribution >= 4 is 34.7 Å². The summed E-state index contributed by atoms with van der Waals surface area (Å²) in [5.41, 5.74) is 1.99. The lowest BCUT2D eigenvalue weighted by atomic mass is 9.91. The van der Waals surface area contributed by atoms with E-state index in [4.69, 9.17) is 4.74 Å². The van der Waals surface area contributed by atoms with Crippen molar-refractivity contribution in [3.8, 4) is 6.01 Å². The summed E-state index contributed by atoms with van der Waals surface area (Å²) < 4.78 is 6.40. The Bertz CT molecular complexity index is 1290. The largest absolute Gasteiger partial charge is 0.479 e. The molecule has 0 spiro atoms. The van der Waals surface area contributed by atoms with Crippen LogP contribution in [-0.2, 0) is 16.1 Å². The molecular weight excluding hydrogens is 514 g/mol. The molecule has 0 radical (unpaired) electrons. The molecule has 208 valence electrons. The van der Waals surface area contributed by atoms with Crippen LogP contribution in [0.5, 0.6) is 6.01 Å². The number of carbonyl (C=O) groups excluding carboxylic acids is 2. The van der Waals surface area contributed by atoms with Gasteiger partial charge in [-0.2, -0.15) is 4.98 Å². The molecule has 2 amide bonds. The van der Waals surface area contributed by atoms with Gasteiger partial charge in [0.15, 0.2) is 0 Å². The van der Waals surface area contributed by atoms with E-state index in [2.05, 4.69) is 36.8 Å². The molecule has 0 saturated heterocycles. The lowest BCUT2D eigenvalue weighted by Crippen LogP contribution is -2.33. The van der Waals surface area contributed by atoms with Gasteiger partial charge in [-0.15, -0.1) is 11.3 Å². The van der Waals surface area contributed by atoms with Crippen LogP contribution in [0.2, 0.25) is 0 Å². The Balaban J connectivity index is 1.45. The van der Waals surface area contributed by atoms with Crippen molar-refractivity contribution < 1.29 is 19.4 Å². The van der Waals surface area contributed by atoms with Gasteiger partial charge in [0.25, 0.3) is 5.91 Å². The number of aromatic nitrogens is 2.